The van der Waals surface area contributed by atoms with Gasteiger partial charge in [0, 0.05) is 23.6 Å². The molecule has 3 N–H and O–H groups in total. The molecule has 8 nitrogen and oxygen atoms in total. The van der Waals surface area contributed by atoms with Crippen molar-refractivity contribution in [1.29, 1.82) is 0 Å². The van der Waals surface area contributed by atoms with E-state index in [0.29, 0.717) is 5.69 Å². The fourth-order valence-corrected chi connectivity index (χ4v) is 3.76. The summed E-state index contributed by atoms with van der Waals surface area (Å²) in [6, 6.07) is 1.57. The number of imide groups is 1. The van der Waals surface area contributed by atoms with Crippen molar-refractivity contribution >= 4 is 39.6 Å². The molecule has 2 fully saturated rings. The smallest absolute Gasteiger partial charge is 0.286 e. The number of aromatic amines is 1. The van der Waals surface area contributed by atoms with Crippen LogP contribution in [-0.4, -0.2) is 40.1 Å². The Bertz CT molecular complexity index is 693. The quantitative estimate of drug-likeness (QED) is 0.509. The lowest BCUT2D eigenvalue weighted by Crippen LogP contribution is -2.43. The maximum absolute atomic E-state index is 12.3. The van der Waals surface area contributed by atoms with Crippen LogP contribution in [0.4, 0.5) is 0 Å². The Morgan fingerprint density at radius 3 is 2.36 bits per heavy atom. The van der Waals surface area contributed by atoms with Gasteiger partial charge in [-0.05, 0) is 34.8 Å². The van der Waals surface area contributed by atoms with Gasteiger partial charge in [-0.2, -0.15) is 0 Å². The molecule has 3 rings (SSSR count). The highest BCUT2D eigenvalue weighted by molar-refractivity contribution is 9.10. The lowest BCUT2D eigenvalue weighted by molar-refractivity contribution is -0.140. The van der Waals surface area contributed by atoms with E-state index in [1.807, 2.05) is 0 Å². The van der Waals surface area contributed by atoms with Gasteiger partial charge in [0.2, 0.25) is 17.7 Å². The Morgan fingerprint density at radius 2 is 1.80 bits per heavy atom. The van der Waals surface area contributed by atoms with E-state index in [9.17, 15) is 19.2 Å². The number of rotatable bonds is 4. The summed E-state index contributed by atoms with van der Waals surface area (Å²) >= 11 is 3.21. The lowest BCUT2D eigenvalue weighted by Gasteiger charge is -2.19. The number of amides is 4. The standard InChI is InChI=1S/C16H19BrN4O4/c17-9-7-12(18-8-9)14(23)20-19-13(22)5-6-21-15(24)10-3-1-2-4-11(10)16(21)25/h7-8,10-11,18H,1-6H2,(H,19,22)(H,20,23)/t10-,11+. The van der Waals surface area contributed by atoms with E-state index >= 15 is 0 Å². The van der Waals surface area contributed by atoms with Crippen LogP contribution in [0.15, 0.2) is 16.7 Å². The molecule has 2 atom stereocenters. The number of aromatic nitrogens is 1. The van der Waals surface area contributed by atoms with Crippen LogP contribution >= 0.6 is 15.9 Å². The summed E-state index contributed by atoms with van der Waals surface area (Å²) in [5.74, 6) is -1.70. The molecule has 1 aromatic rings. The molecule has 2 aliphatic rings. The van der Waals surface area contributed by atoms with E-state index in [1.54, 1.807) is 12.3 Å². The van der Waals surface area contributed by atoms with Gasteiger partial charge in [0.15, 0.2) is 0 Å². The van der Waals surface area contributed by atoms with Crippen molar-refractivity contribution in [3.05, 3.63) is 22.4 Å². The van der Waals surface area contributed by atoms with E-state index < -0.39 is 11.8 Å². The molecule has 2 heterocycles. The van der Waals surface area contributed by atoms with Crippen LogP contribution in [0.1, 0.15) is 42.6 Å². The second kappa shape index (κ2) is 7.38. The molecule has 1 saturated carbocycles. The van der Waals surface area contributed by atoms with E-state index in [2.05, 4.69) is 31.8 Å². The van der Waals surface area contributed by atoms with Gasteiger partial charge in [-0.25, -0.2) is 0 Å². The summed E-state index contributed by atoms with van der Waals surface area (Å²) in [6.45, 7) is 0.0421. The highest BCUT2D eigenvalue weighted by Gasteiger charge is 2.47. The number of hydrogen-bond acceptors (Lipinski definition) is 4. The van der Waals surface area contributed by atoms with Gasteiger partial charge in [-0.15, -0.1) is 0 Å². The van der Waals surface area contributed by atoms with Gasteiger partial charge in [0.1, 0.15) is 5.69 Å². The van der Waals surface area contributed by atoms with Crippen molar-refractivity contribution in [3.8, 4) is 0 Å². The van der Waals surface area contributed by atoms with E-state index in [-0.39, 0.29) is 36.6 Å². The number of likely N-dealkylation sites (tertiary alicyclic amines) is 1. The van der Waals surface area contributed by atoms with Crippen LogP contribution in [-0.2, 0) is 14.4 Å². The minimum Gasteiger partial charge on any atom is -0.356 e. The molecule has 1 saturated heterocycles. The molecule has 9 heteroatoms. The van der Waals surface area contributed by atoms with Gasteiger partial charge >= 0.3 is 0 Å². The number of halogens is 1. The average Bonchev–Trinajstić information content (AvgIpc) is 3.14. The van der Waals surface area contributed by atoms with Crippen LogP contribution in [0.5, 0.6) is 0 Å². The predicted molar refractivity (Wildman–Crippen MR) is 90.9 cm³/mol. The van der Waals surface area contributed by atoms with Gasteiger partial charge in [0.05, 0.1) is 11.8 Å². The third-order valence-electron chi connectivity index (χ3n) is 4.70. The summed E-state index contributed by atoms with van der Waals surface area (Å²) < 4.78 is 0.719. The lowest BCUT2D eigenvalue weighted by atomic mass is 9.81. The molecule has 0 spiro atoms. The molecule has 1 aromatic heterocycles. The molecule has 0 unspecified atom stereocenters. The Labute approximate surface area is 152 Å². The monoisotopic (exact) mass is 410 g/mol. The number of hydrazine groups is 1. The van der Waals surface area contributed by atoms with E-state index in [0.717, 1.165) is 30.2 Å². The first kappa shape index (κ1) is 17.7. The van der Waals surface area contributed by atoms with Crippen LogP contribution < -0.4 is 10.9 Å². The predicted octanol–water partition coefficient (Wildman–Crippen LogP) is 1.10. The second-order valence-corrected chi connectivity index (χ2v) is 7.23. The van der Waals surface area contributed by atoms with Crippen LogP contribution in [0, 0.1) is 11.8 Å². The molecule has 25 heavy (non-hydrogen) atoms. The maximum Gasteiger partial charge on any atom is 0.286 e. The van der Waals surface area contributed by atoms with Crippen molar-refractivity contribution < 1.29 is 19.2 Å². The van der Waals surface area contributed by atoms with Crippen molar-refractivity contribution in [3.63, 3.8) is 0 Å². The highest BCUT2D eigenvalue weighted by atomic mass is 79.9. The van der Waals surface area contributed by atoms with Crippen molar-refractivity contribution in [2.24, 2.45) is 11.8 Å². The number of fused-ring (bicyclic) bond motifs is 1. The Hall–Kier alpha value is -2.16. The second-order valence-electron chi connectivity index (χ2n) is 6.31. The van der Waals surface area contributed by atoms with Crippen LogP contribution in [0.3, 0.4) is 0 Å². The van der Waals surface area contributed by atoms with Gasteiger partial charge < -0.3 is 4.98 Å². The fraction of sp³-hybridized carbons (Fsp3) is 0.500. The fourth-order valence-electron chi connectivity index (χ4n) is 3.42. The Balaban J connectivity index is 1.46. The van der Waals surface area contributed by atoms with Crippen LogP contribution in [0.2, 0.25) is 0 Å². The summed E-state index contributed by atoms with van der Waals surface area (Å²) in [4.78, 5) is 52.2. The number of carbonyl (C=O) groups excluding carboxylic acids is 4. The van der Waals surface area contributed by atoms with E-state index in [1.165, 1.54) is 4.90 Å². The van der Waals surface area contributed by atoms with Crippen molar-refractivity contribution in [2.75, 3.05) is 6.54 Å². The molecular formula is C16H19BrN4O4. The summed E-state index contributed by atoms with van der Waals surface area (Å²) in [6.07, 6.45) is 4.98. The molecule has 0 bridgehead atoms. The molecule has 0 radical (unpaired) electrons. The number of H-pyrrole nitrogens is 1. The third-order valence-corrected chi connectivity index (χ3v) is 5.16. The van der Waals surface area contributed by atoms with Crippen molar-refractivity contribution in [1.82, 2.24) is 20.7 Å². The normalized spacial score (nSPS) is 22.7. The molecule has 1 aliphatic carbocycles. The SMILES string of the molecule is O=C(CCN1C(=O)[C@H]2CCCC[C@H]2C1=O)NNC(=O)c1cc(Br)c[nH]1. The third kappa shape index (κ3) is 3.76. The zero-order valence-electron chi connectivity index (χ0n) is 13.5. The molecule has 0 aromatic carbocycles. The van der Waals surface area contributed by atoms with Crippen LogP contribution in [0.25, 0.3) is 0 Å². The average molecular weight is 411 g/mol. The van der Waals surface area contributed by atoms with Gasteiger partial charge in [-0.1, -0.05) is 12.8 Å². The molecule has 4 amide bonds. The number of nitrogens with one attached hydrogen (secondary N) is 3. The zero-order valence-corrected chi connectivity index (χ0v) is 15.1. The molecule has 134 valence electrons. The summed E-state index contributed by atoms with van der Waals surface area (Å²) in [5.41, 5.74) is 4.86. The molecule has 1 aliphatic heterocycles. The largest absolute Gasteiger partial charge is 0.356 e. The maximum atomic E-state index is 12.3. The first-order chi connectivity index (χ1) is 12.0. The van der Waals surface area contributed by atoms with Gasteiger partial charge in [0.25, 0.3) is 5.91 Å². The summed E-state index contributed by atoms with van der Waals surface area (Å²) in [5, 5.41) is 0. The molecular weight excluding hydrogens is 392 g/mol. The Morgan fingerprint density at radius 1 is 1.16 bits per heavy atom. The first-order valence-electron chi connectivity index (χ1n) is 8.25. The first-order valence-corrected chi connectivity index (χ1v) is 9.05. The Kier molecular flexibility index (Phi) is 5.22. The van der Waals surface area contributed by atoms with Gasteiger partial charge in [-0.3, -0.25) is 34.9 Å². The number of nitrogens with zero attached hydrogens (tertiary/aromatic N) is 1. The summed E-state index contributed by atoms with van der Waals surface area (Å²) in [7, 11) is 0. The number of hydrogen-bond donors (Lipinski definition) is 3. The minimum atomic E-state index is -0.488. The minimum absolute atomic E-state index is 0.0421. The topological polar surface area (TPSA) is 111 Å². The zero-order chi connectivity index (χ0) is 18.0. The highest BCUT2D eigenvalue weighted by Crippen LogP contribution is 2.37. The number of carbonyl (C=O) groups is 4. The van der Waals surface area contributed by atoms with E-state index in [4.69, 9.17) is 0 Å². The van der Waals surface area contributed by atoms with Crippen molar-refractivity contribution in [2.45, 2.75) is 32.1 Å².